The standard InChI is InChI=1S/C9H17N3/c1-8(2)9-11-5-7-12(9)6-3-4-10/h5,7-8H,3-4,6,10H2,1-2H3/p+1. The van der Waals surface area contributed by atoms with Crippen molar-refractivity contribution in [1.82, 2.24) is 9.55 Å². The van der Waals surface area contributed by atoms with Gasteiger partial charge >= 0.3 is 0 Å². The molecule has 68 valence electrons. The van der Waals surface area contributed by atoms with Gasteiger partial charge in [-0.2, -0.15) is 0 Å². The van der Waals surface area contributed by atoms with E-state index in [0.29, 0.717) is 5.92 Å². The van der Waals surface area contributed by atoms with Crippen molar-refractivity contribution in [3.63, 3.8) is 0 Å². The number of aromatic nitrogens is 2. The molecule has 12 heavy (non-hydrogen) atoms. The molecule has 1 aromatic heterocycles. The lowest BCUT2D eigenvalue weighted by molar-refractivity contribution is -0.368. The van der Waals surface area contributed by atoms with Crippen molar-refractivity contribution in [2.24, 2.45) is 0 Å². The second-order valence-corrected chi connectivity index (χ2v) is 3.34. The van der Waals surface area contributed by atoms with E-state index in [1.807, 2.05) is 12.4 Å². The lowest BCUT2D eigenvalue weighted by Crippen LogP contribution is -2.50. The molecule has 3 N–H and O–H groups in total. The van der Waals surface area contributed by atoms with Gasteiger partial charge in [-0.15, -0.1) is 0 Å². The minimum absolute atomic E-state index is 0.518. The molecule has 0 fully saturated rings. The first kappa shape index (κ1) is 9.26. The van der Waals surface area contributed by atoms with Crippen molar-refractivity contribution in [2.75, 3.05) is 6.54 Å². The Hall–Kier alpha value is -0.830. The van der Waals surface area contributed by atoms with Crippen LogP contribution in [0.2, 0.25) is 0 Å². The van der Waals surface area contributed by atoms with Gasteiger partial charge in [0.25, 0.3) is 0 Å². The molecule has 0 spiro atoms. The van der Waals surface area contributed by atoms with Gasteiger partial charge in [0.1, 0.15) is 5.82 Å². The van der Waals surface area contributed by atoms with E-state index in [4.69, 9.17) is 0 Å². The summed E-state index contributed by atoms with van der Waals surface area (Å²) in [4.78, 5) is 4.31. The predicted molar refractivity (Wildman–Crippen MR) is 48.7 cm³/mol. The van der Waals surface area contributed by atoms with Crippen LogP contribution in [0.3, 0.4) is 0 Å². The van der Waals surface area contributed by atoms with Gasteiger partial charge in [0.05, 0.1) is 6.54 Å². The third-order valence-corrected chi connectivity index (χ3v) is 1.91. The Morgan fingerprint density at radius 2 is 2.33 bits per heavy atom. The zero-order valence-electron chi connectivity index (χ0n) is 7.95. The molecular formula is C9H18N3+. The molecule has 0 radical (unpaired) electrons. The molecule has 0 aliphatic carbocycles. The molecule has 1 rings (SSSR count). The third kappa shape index (κ3) is 2.08. The Balaban J connectivity index is 2.64. The molecule has 0 bridgehead atoms. The van der Waals surface area contributed by atoms with Crippen LogP contribution in [-0.2, 0) is 6.54 Å². The van der Waals surface area contributed by atoms with Crippen molar-refractivity contribution in [1.29, 1.82) is 0 Å². The second-order valence-electron chi connectivity index (χ2n) is 3.34. The number of hydrogen-bond donors (Lipinski definition) is 1. The Morgan fingerprint density at radius 1 is 1.58 bits per heavy atom. The normalized spacial score (nSPS) is 11.0. The first-order valence-electron chi connectivity index (χ1n) is 4.56. The summed E-state index contributed by atoms with van der Waals surface area (Å²) in [5, 5.41) is 0. The van der Waals surface area contributed by atoms with Crippen LogP contribution in [0.5, 0.6) is 0 Å². The summed E-state index contributed by atoms with van der Waals surface area (Å²) in [6.45, 7) is 6.39. The number of hydrogen-bond acceptors (Lipinski definition) is 1. The van der Waals surface area contributed by atoms with Crippen LogP contribution in [0.4, 0.5) is 0 Å². The van der Waals surface area contributed by atoms with E-state index >= 15 is 0 Å². The monoisotopic (exact) mass is 168 g/mol. The molecule has 0 saturated heterocycles. The number of imidazole rings is 1. The summed E-state index contributed by atoms with van der Waals surface area (Å²) in [5.74, 6) is 1.70. The minimum Gasteiger partial charge on any atom is -0.358 e. The summed E-state index contributed by atoms with van der Waals surface area (Å²) in [7, 11) is 0. The molecule has 1 heterocycles. The van der Waals surface area contributed by atoms with Gasteiger partial charge in [-0.3, -0.25) is 0 Å². The van der Waals surface area contributed by atoms with Gasteiger partial charge in [0.2, 0.25) is 0 Å². The van der Waals surface area contributed by atoms with Crippen LogP contribution in [0.1, 0.15) is 32.0 Å². The van der Waals surface area contributed by atoms with E-state index in [9.17, 15) is 0 Å². The van der Waals surface area contributed by atoms with Crippen LogP contribution < -0.4 is 5.73 Å². The maximum atomic E-state index is 4.31. The molecule has 3 nitrogen and oxygen atoms in total. The summed E-state index contributed by atoms with van der Waals surface area (Å²) < 4.78 is 2.22. The highest BCUT2D eigenvalue weighted by atomic mass is 15.1. The van der Waals surface area contributed by atoms with E-state index in [2.05, 4.69) is 29.1 Å². The summed E-state index contributed by atoms with van der Waals surface area (Å²) in [5.41, 5.74) is 3.83. The molecule has 0 aromatic carbocycles. The third-order valence-electron chi connectivity index (χ3n) is 1.91. The van der Waals surface area contributed by atoms with Crippen LogP contribution in [0, 0.1) is 0 Å². The van der Waals surface area contributed by atoms with E-state index in [-0.39, 0.29) is 0 Å². The van der Waals surface area contributed by atoms with Gasteiger partial charge in [0.15, 0.2) is 0 Å². The largest absolute Gasteiger partial charge is 0.358 e. The molecule has 0 amide bonds. The highest BCUT2D eigenvalue weighted by molar-refractivity contribution is 4.97. The predicted octanol–water partition coefficient (Wildman–Crippen LogP) is 0.639. The summed E-state index contributed by atoms with van der Waals surface area (Å²) in [6.07, 6.45) is 5.06. The van der Waals surface area contributed by atoms with Crippen molar-refractivity contribution < 1.29 is 5.73 Å². The maximum Gasteiger partial charge on any atom is 0.111 e. The Labute approximate surface area is 73.6 Å². The molecule has 1 aromatic rings. The average molecular weight is 168 g/mol. The van der Waals surface area contributed by atoms with Gasteiger partial charge in [-0.25, -0.2) is 4.98 Å². The lowest BCUT2D eigenvalue weighted by atomic mass is 10.2. The first-order valence-corrected chi connectivity index (χ1v) is 4.56. The maximum absolute atomic E-state index is 4.31. The van der Waals surface area contributed by atoms with Crippen LogP contribution >= 0.6 is 0 Å². The van der Waals surface area contributed by atoms with Crippen LogP contribution in [0.25, 0.3) is 0 Å². The molecule has 0 atom stereocenters. The van der Waals surface area contributed by atoms with Crippen molar-refractivity contribution in [3.05, 3.63) is 18.2 Å². The van der Waals surface area contributed by atoms with E-state index < -0.39 is 0 Å². The Bertz CT molecular complexity index is 227. The SMILES string of the molecule is CC(C)c1nccn1CCC[NH3+]. The highest BCUT2D eigenvalue weighted by Gasteiger charge is 2.05. The molecule has 0 aliphatic heterocycles. The number of aryl methyl sites for hydroxylation is 1. The number of quaternary nitrogens is 1. The van der Waals surface area contributed by atoms with Crippen molar-refractivity contribution in [3.8, 4) is 0 Å². The van der Waals surface area contributed by atoms with E-state index in [1.54, 1.807) is 0 Å². The first-order chi connectivity index (χ1) is 5.75. The fourth-order valence-corrected chi connectivity index (χ4v) is 1.29. The smallest absolute Gasteiger partial charge is 0.111 e. The van der Waals surface area contributed by atoms with E-state index in [1.165, 1.54) is 5.82 Å². The second kappa shape index (κ2) is 4.26. The van der Waals surface area contributed by atoms with E-state index in [0.717, 1.165) is 19.5 Å². The topological polar surface area (TPSA) is 45.5 Å². The van der Waals surface area contributed by atoms with Gasteiger partial charge < -0.3 is 10.3 Å². The molecule has 3 heteroatoms. The molecule has 0 saturated carbocycles. The minimum atomic E-state index is 0.518. The van der Waals surface area contributed by atoms with Crippen molar-refractivity contribution in [2.45, 2.75) is 32.7 Å². The zero-order chi connectivity index (χ0) is 8.97. The van der Waals surface area contributed by atoms with Gasteiger partial charge in [-0.05, 0) is 0 Å². The summed E-state index contributed by atoms with van der Waals surface area (Å²) in [6, 6.07) is 0. The van der Waals surface area contributed by atoms with Crippen LogP contribution in [-0.4, -0.2) is 16.1 Å². The zero-order valence-corrected chi connectivity index (χ0v) is 7.95. The fourth-order valence-electron chi connectivity index (χ4n) is 1.29. The fraction of sp³-hybridized carbons (Fsp3) is 0.667. The molecular weight excluding hydrogens is 150 g/mol. The molecule has 0 aliphatic rings. The molecule has 0 unspecified atom stereocenters. The average Bonchev–Trinajstić information content (AvgIpc) is 2.48. The Morgan fingerprint density at radius 3 is 2.92 bits per heavy atom. The summed E-state index contributed by atoms with van der Waals surface area (Å²) >= 11 is 0. The van der Waals surface area contributed by atoms with Gasteiger partial charge in [-0.1, -0.05) is 13.8 Å². The number of rotatable bonds is 4. The van der Waals surface area contributed by atoms with Crippen LogP contribution in [0.15, 0.2) is 12.4 Å². The highest BCUT2D eigenvalue weighted by Crippen LogP contribution is 2.11. The van der Waals surface area contributed by atoms with Crippen molar-refractivity contribution >= 4 is 0 Å². The number of nitrogens with zero attached hydrogens (tertiary/aromatic N) is 2. The Kier molecular flexibility index (Phi) is 3.29. The van der Waals surface area contributed by atoms with Gasteiger partial charge in [0, 0.05) is 31.3 Å². The quantitative estimate of drug-likeness (QED) is 0.704. The lowest BCUT2D eigenvalue weighted by Gasteiger charge is -2.08.